The number of piperidine rings is 1. The Morgan fingerprint density at radius 2 is 1.91 bits per heavy atom. The maximum absolute atomic E-state index is 12.2. The predicted molar refractivity (Wildman–Crippen MR) is 90.0 cm³/mol. The molecule has 1 aromatic carbocycles. The summed E-state index contributed by atoms with van der Waals surface area (Å²) in [7, 11) is 0. The van der Waals surface area contributed by atoms with Gasteiger partial charge in [0.2, 0.25) is 11.8 Å². The fourth-order valence-electron chi connectivity index (χ4n) is 3.44. The van der Waals surface area contributed by atoms with Gasteiger partial charge >= 0.3 is 0 Å². The summed E-state index contributed by atoms with van der Waals surface area (Å²) < 4.78 is 0. The summed E-state index contributed by atoms with van der Waals surface area (Å²) in [6.45, 7) is 3.60. The maximum atomic E-state index is 12.2. The molecule has 0 unspecified atom stereocenters. The van der Waals surface area contributed by atoms with Crippen LogP contribution in [0.4, 0.5) is 0 Å². The lowest BCUT2D eigenvalue weighted by molar-refractivity contribution is -0.139. The first kappa shape index (κ1) is 16.0. The first-order valence-corrected chi connectivity index (χ1v) is 8.75. The van der Waals surface area contributed by atoms with Gasteiger partial charge in [-0.15, -0.1) is 0 Å². The first-order chi connectivity index (χ1) is 11.1. The fourth-order valence-corrected chi connectivity index (χ4v) is 3.44. The van der Waals surface area contributed by atoms with Gasteiger partial charge in [-0.25, -0.2) is 0 Å². The van der Waals surface area contributed by atoms with Crippen molar-refractivity contribution >= 4 is 11.8 Å². The molecular weight excluding hydrogens is 288 g/mol. The summed E-state index contributed by atoms with van der Waals surface area (Å²) in [5, 5.41) is 3.13. The molecule has 23 heavy (non-hydrogen) atoms. The van der Waals surface area contributed by atoms with Gasteiger partial charge in [0, 0.05) is 25.0 Å². The number of carbonyl (C=O) groups excluding carboxylic acids is 2. The molecule has 0 spiro atoms. The molecule has 0 aromatic heterocycles. The monoisotopic (exact) mass is 314 g/mol. The molecule has 0 atom stereocenters. The van der Waals surface area contributed by atoms with E-state index in [-0.39, 0.29) is 17.9 Å². The third-order valence-electron chi connectivity index (χ3n) is 5.07. The lowest BCUT2D eigenvalue weighted by Crippen LogP contribution is -2.49. The van der Waals surface area contributed by atoms with Crippen molar-refractivity contribution in [3.05, 3.63) is 35.4 Å². The first-order valence-electron chi connectivity index (χ1n) is 8.75. The molecular formula is C19H26N2O2. The van der Waals surface area contributed by atoms with Gasteiger partial charge in [0.05, 0.1) is 6.42 Å². The summed E-state index contributed by atoms with van der Waals surface area (Å²) in [5.41, 5.74) is 2.23. The number of hydrogen-bond acceptors (Lipinski definition) is 2. The molecule has 1 saturated carbocycles. The van der Waals surface area contributed by atoms with Gasteiger partial charge in [-0.1, -0.05) is 36.2 Å². The Hall–Kier alpha value is -1.84. The van der Waals surface area contributed by atoms with Crippen LogP contribution in [0.5, 0.6) is 0 Å². The SMILES string of the molecule is Cc1cccc(CC(=O)NC2CCN(C(=O)C3CCC3)CC2)c1. The molecule has 2 amide bonds. The van der Waals surface area contributed by atoms with Crippen molar-refractivity contribution < 1.29 is 9.59 Å². The summed E-state index contributed by atoms with van der Waals surface area (Å²) in [6.07, 6.45) is 5.50. The molecule has 1 saturated heterocycles. The van der Waals surface area contributed by atoms with Gasteiger partial charge in [0.1, 0.15) is 0 Å². The Balaban J connectivity index is 1.43. The van der Waals surface area contributed by atoms with Crippen LogP contribution in [0, 0.1) is 12.8 Å². The van der Waals surface area contributed by atoms with Gasteiger partial charge < -0.3 is 10.2 Å². The van der Waals surface area contributed by atoms with E-state index in [1.165, 1.54) is 12.0 Å². The van der Waals surface area contributed by atoms with Crippen molar-refractivity contribution in [2.45, 2.75) is 51.5 Å². The van der Waals surface area contributed by atoms with E-state index >= 15 is 0 Å². The highest BCUT2D eigenvalue weighted by molar-refractivity contribution is 5.80. The highest BCUT2D eigenvalue weighted by atomic mass is 16.2. The second-order valence-electron chi connectivity index (χ2n) is 6.96. The van der Waals surface area contributed by atoms with E-state index in [2.05, 4.69) is 11.4 Å². The van der Waals surface area contributed by atoms with Gasteiger partial charge in [0.25, 0.3) is 0 Å². The summed E-state index contributed by atoms with van der Waals surface area (Å²) in [6, 6.07) is 8.28. The molecule has 4 heteroatoms. The van der Waals surface area contributed by atoms with Gasteiger partial charge in [-0.2, -0.15) is 0 Å². The fraction of sp³-hybridized carbons (Fsp3) is 0.579. The van der Waals surface area contributed by atoms with Crippen LogP contribution < -0.4 is 5.32 Å². The molecule has 4 nitrogen and oxygen atoms in total. The summed E-state index contributed by atoms with van der Waals surface area (Å²) in [5.74, 6) is 0.697. The third-order valence-corrected chi connectivity index (χ3v) is 5.07. The van der Waals surface area contributed by atoms with Crippen molar-refractivity contribution in [2.24, 2.45) is 5.92 Å². The number of nitrogens with one attached hydrogen (secondary N) is 1. The molecule has 1 aromatic rings. The Labute approximate surface area is 138 Å². The van der Waals surface area contributed by atoms with Gasteiger partial charge in [-0.3, -0.25) is 9.59 Å². The zero-order valence-corrected chi connectivity index (χ0v) is 13.9. The number of nitrogens with zero attached hydrogens (tertiary/aromatic N) is 1. The highest BCUT2D eigenvalue weighted by Crippen LogP contribution is 2.29. The average Bonchev–Trinajstić information content (AvgIpc) is 2.46. The van der Waals surface area contributed by atoms with Crippen molar-refractivity contribution in [1.82, 2.24) is 10.2 Å². The Kier molecular flexibility index (Phi) is 4.99. The molecule has 1 aliphatic carbocycles. The Bertz CT molecular complexity index is 572. The maximum Gasteiger partial charge on any atom is 0.225 e. The molecule has 0 bridgehead atoms. The molecule has 2 fully saturated rings. The van der Waals surface area contributed by atoms with Crippen molar-refractivity contribution in [3.63, 3.8) is 0 Å². The van der Waals surface area contributed by atoms with E-state index in [1.54, 1.807) is 0 Å². The number of likely N-dealkylation sites (tertiary alicyclic amines) is 1. The van der Waals surface area contributed by atoms with Crippen LogP contribution in [-0.4, -0.2) is 35.8 Å². The number of hydrogen-bond donors (Lipinski definition) is 1. The van der Waals surface area contributed by atoms with E-state index in [0.717, 1.165) is 44.3 Å². The summed E-state index contributed by atoms with van der Waals surface area (Å²) >= 11 is 0. The van der Waals surface area contributed by atoms with Crippen molar-refractivity contribution in [2.75, 3.05) is 13.1 Å². The Morgan fingerprint density at radius 3 is 2.52 bits per heavy atom. The smallest absolute Gasteiger partial charge is 0.225 e. The van der Waals surface area contributed by atoms with Crippen LogP contribution in [0.15, 0.2) is 24.3 Å². The topological polar surface area (TPSA) is 49.4 Å². The van der Waals surface area contributed by atoms with Crippen LogP contribution in [0.1, 0.15) is 43.2 Å². The normalized spacial score (nSPS) is 19.3. The summed E-state index contributed by atoms with van der Waals surface area (Å²) in [4.78, 5) is 26.4. The lowest BCUT2D eigenvalue weighted by Gasteiger charge is -2.36. The quantitative estimate of drug-likeness (QED) is 0.928. The van der Waals surface area contributed by atoms with Crippen LogP contribution in [0.25, 0.3) is 0 Å². The largest absolute Gasteiger partial charge is 0.353 e. The van der Waals surface area contributed by atoms with Crippen molar-refractivity contribution in [1.29, 1.82) is 0 Å². The predicted octanol–water partition coefficient (Wildman–Crippen LogP) is 2.44. The number of benzene rings is 1. The van der Waals surface area contributed by atoms with Gasteiger partial charge in [0.15, 0.2) is 0 Å². The molecule has 0 radical (unpaired) electrons. The minimum absolute atomic E-state index is 0.0827. The number of aryl methyl sites for hydroxylation is 1. The number of amides is 2. The molecule has 1 heterocycles. The Morgan fingerprint density at radius 1 is 1.17 bits per heavy atom. The third kappa shape index (κ3) is 4.12. The van der Waals surface area contributed by atoms with Crippen LogP contribution in [0.2, 0.25) is 0 Å². The molecule has 124 valence electrons. The highest BCUT2D eigenvalue weighted by Gasteiger charge is 2.31. The number of rotatable bonds is 4. The van der Waals surface area contributed by atoms with Crippen LogP contribution in [0.3, 0.4) is 0 Å². The van der Waals surface area contributed by atoms with Crippen LogP contribution in [-0.2, 0) is 16.0 Å². The van der Waals surface area contributed by atoms with E-state index in [0.29, 0.717) is 12.3 Å². The average molecular weight is 314 g/mol. The second-order valence-corrected chi connectivity index (χ2v) is 6.96. The second kappa shape index (κ2) is 7.16. The van der Waals surface area contributed by atoms with Gasteiger partial charge in [-0.05, 0) is 38.2 Å². The van der Waals surface area contributed by atoms with E-state index in [4.69, 9.17) is 0 Å². The zero-order valence-electron chi connectivity index (χ0n) is 13.9. The van der Waals surface area contributed by atoms with Crippen molar-refractivity contribution in [3.8, 4) is 0 Å². The minimum atomic E-state index is 0.0827. The zero-order chi connectivity index (χ0) is 16.2. The number of carbonyl (C=O) groups is 2. The van der Waals surface area contributed by atoms with E-state index < -0.39 is 0 Å². The molecule has 2 aliphatic rings. The van der Waals surface area contributed by atoms with Crippen LogP contribution >= 0.6 is 0 Å². The standard InChI is InChI=1S/C19H26N2O2/c1-14-4-2-5-15(12-14)13-18(22)20-17-8-10-21(11-9-17)19(23)16-6-3-7-16/h2,4-5,12,16-17H,3,6-11,13H2,1H3,(H,20,22). The minimum Gasteiger partial charge on any atom is -0.353 e. The molecule has 1 N–H and O–H groups in total. The van der Waals surface area contributed by atoms with E-state index in [1.807, 2.05) is 30.0 Å². The van der Waals surface area contributed by atoms with E-state index in [9.17, 15) is 9.59 Å². The molecule has 1 aliphatic heterocycles. The molecule has 3 rings (SSSR count). The lowest BCUT2D eigenvalue weighted by atomic mass is 9.84.